The molecule has 2 heterocycles. The van der Waals surface area contributed by atoms with Gasteiger partial charge < -0.3 is 9.73 Å². The van der Waals surface area contributed by atoms with E-state index >= 15 is 0 Å². The molecule has 0 amide bonds. The van der Waals surface area contributed by atoms with Crippen LogP contribution in [0.1, 0.15) is 28.0 Å². The summed E-state index contributed by atoms with van der Waals surface area (Å²) in [6.45, 7) is 4.02. The third kappa shape index (κ3) is 2.20. The van der Waals surface area contributed by atoms with Gasteiger partial charge in [-0.1, -0.05) is 18.2 Å². The molecule has 19 heavy (non-hydrogen) atoms. The highest BCUT2D eigenvalue weighted by molar-refractivity contribution is 7.19. The molecule has 0 saturated heterocycles. The van der Waals surface area contributed by atoms with Crippen molar-refractivity contribution >= 4 is 21.4 Å². The Kier molecular flexibility index (Phi) is 3.17. The molecule has 3 rings (SSSR count). The van der Waals surface area contributed by atoms with Gasteiger partial charge in [0.15, 0.2) is 0 Å². The minimum Gasteiger partial charge on any atom is -0.466 e. The first-order chi connectivity index (χ1) is 9.19. The van der Waals surface area contributed by atoms with Gasteiger partial charge in [-0.25, -0.2) is 0 Å². The van der Waals surface area contributed by atoms with Gasteiger partial charge in [-0.3, -0.25) is 0 Å². The lowest BCUT2D eigenvalue weighted by Crippen LogP contribution is -2.16. The molecule has 0 aliphatic carbocycles. The molecule has 2 aromatic heterocycles. The summed E-state index contributed by atoms with van der Waals surface area (Å²) in [6, 6.07) is 13.1. The lowest BCUT2D eigenvalue weighted by atomic mass is 10.1. The molecule has 0 aliphatic heterocycles. The maximum atomic E-state index is 5.66. The second kappa shape index (κ2) is 4.83. The zero-order valence-corrected chi connectivity index (χ0v) is 12.2. The van der Waals surface area contributed by atoms with E-state index in [0.717, 1.165) is 11.5 Å². The summed E-state index contributed by atoms with van der Waals surface area (Å²) in [5.41, 5.74) is 1.23. The van der Waals surface area contributed by atoms with Crippen molar-refractivity contribution in [2.75, 3.05) is 7.05 Å². The third-order valence-electron chi connectivity index (χ3n) is 3.41. The van der Waals surface area contributed by atoms with Crippen molar-refractivity contribution in [1.29, 1.82) is 0 Å². The number of nitrogens with one attached hydrogen (secondary N) is 1. The second-order valence-corrected chi connectivity index (χ2v) is 5.89. The second-order valence-electron chi connectivity index (χ2n) is 4.78. The topological polar surface area (TPSA) is 25.2 Å². The van der Waals surface area contributed by atoms with Gasteiger partial charge in [-0.15, -0.1) is 11.3 Å². The normalized spacial score (nSPS) is 13.0. The lowest BCUT2D eigenvalue weighted by molar-refractivity contribution is 0.497. The Labute approximate surface area is 117 Å². The smallest absolute Gasteiger partial charge is 0.106 e. The number of fused-ring (bicyclic) bond motifs is 1. The monoisotopic (exact) mass is 271 g/mol. The van der Waals surface area contributed by atoms with Crippen LogP contribution in [0.25, 0.3) is 10.1 Å². The summed E-state index contributed by atoms with van der Waals surface area (Å²) in [7, 11) is 2.00. The van der Waals surface area contributed by atoms with E-state index in [1.165, 1.54) is 20.5 Å². The van der Waals surface area contributed by atoms with Crippen molar-refractivity contribution in [3.63, 3.8) is 0 Å². The van der Waals surface area contributed by atoms with Crippen molar-refractivity contribution in [3.8, 4) is 0 Å². The van der Waals surface area contributed by atoms with Crippen LogP contribution in [0.4, 0.5) is 0 Å². The number of hydrogen-bond donors (Lipinski definition) is 1. The molecule has 98 valence electrons. The van der Waals surface area contributed by atoms with Gasteiger partial charge >= 0.3 is 0 Å². The highest BCUT2D eigenvalue weighted by Crippen LogP contribution is 2.34. The third-order valence-corrected chi connectivity index (χ3v) is 4.59. The molecule has 1 N–H and O–H groups in total. The molecular formula is C16H17NOS. The molecule has 3 aromatic rings. The fourth-order valence-corrected chi connectivity index (χ4v) is 3.73. The summed E-state index contributed by atoms with van der Waals surface area (Å²) >= 11 is 1.84. The molecule has 3 heteroatoms. The van der Waals surface area contributed by atoms with Crippen LogP contribution in [0.15, 0.2) is 40.8 Å². The van der Waals surface area contributed by atoms with Gasteiger partial charge in [-0.2, -0.15) is 0 Å². The van der Waals surface area contributed by atoms with E-state index in [0.29, 0.717) is 0 Å². The number of furan rings is 1. The van der Waals surface area contributed by atoms with Gasteiger partial charge in [-0.05, 0) is 44.5 Å². The van der Waals surface area contributed by atoms with E-state index in [1.54, 1.807) is 0 Å². The van der Waals surface area contributed by atoms with E-state index in [1.807, 2.05) is 32.2 Å². The molecule has 0 aliphatic rings. The van der Waals surface area contributed by atoms with Crippen LogP contribution < -0.4 is 5.32 Å². The van der Waals surface area contributed by atoms with Gasteiger partial charge in [0.2, 0.25) is 0 Å². The van der Waals surface area contributed by atoms with E-state index in [-0.39, 0.29) is 6.04 Å². The molecule has 0 bridgehead atoms. The van der Waals surface area contributed by atoms with E-state index in [2.05, 4.69) is 41.7 Å². The average molecular weight is 271 g/mol. The Bertz CT molecular complexity index is 677. The summed E-state index contributed by atoms with van der Waals surface area (Å²) < 4.78 is 6.99. The van der Waals surface area contributed by atoms with Crippen molar-refractivity contribution in [3.05, 3.63) is 58.4 Å². The summed E-state index contributed by atoms with van der Waals surface area (Å²) in [6.07, 6.45) is 0. The van der Waals surface area contributed by atoms with Gasteiger partial charge in [0, 0.05) is 15.1 Å². The fourth-order valence-electron chi connectivity index (χ4n) is 2.53. The minimum absolute atomic E-state index is 0.204. The average Bonchev–Trinajstić information content (AvgIpc) is 2.94. The molecule has 0 radical (unpaired) electrons. The van der Waals surface area contributed by atoms with Crippen molar-refractivity contribution < 1.29 is 4.42 Å². The van der Waals surface area contributed by atoms with Crippen LogP contribution in [0, 0.1) is 13.8 Å². The first-order valence-corrected chi connectivity index (χ1v) is 7.23. The van der Waals surface area contributed by atoms with E-state index in [4.69, 9.17) is 4.42 Å². The predicted octanol–water partition coefficient (Wildman–Crippen LogP) is 4.42. The van der Waals surface area contributed by atoms with Gasteiger partial charge in [0.1, 0.15) is 11.5 Å². The SMILES string of the molecule is CNC(c1cc2ccccc2s1)c1cc(C)oc1C. The highest BCUT2D eigenvalue weighted by Gasteiger charge is 2.19. The summed E-state index contributed by atoms with van der Waals surface area (Å²) in [4.78, 5) is 1.33. The maximum Gasteiger partial charge on any atom is 0.106 e. The molecule has 0 spiro atoms. The van der Waals surface area contributed by atoms with Crippen molar-refractivity contribution in [2.24, 2.45) is 0 Å². The standard InChI is InChI=1S/C16H17NOS/c1-10-8-13(11(2)18-10)16(17-3)15-9-12-6-4-5-7-14(12)19-15/h4-9,16-17H,1-3H3. The Morgan fingerprint density at radius 1 is 1.16 bits per heavy atom. The lowest BCUT2D eigenvalue weighted by Gasteiger charge is -2.13. The Balaban J connectivity index is 2.09. The summed E-state index contributed by atoms with van der Waals surface area (Å²) in [5.74, 6) is 1.96. The van der Waals surface area contributed by atoms with Crippen LogP contribution in [0.5, 0.6) is 0 Å². The molecule has 0 fully saturated rings. The van der Waals surface area contributed by atoms with Crippen LogP contribution in [0.3, 0.4) is 0 Å². The molecule has 1 atom stereocenters. The van der Waals surface area contributed by atoms with Crippen molar-refractivity contribution in [1.82, 2.24) is 5.32 Å². The van der Waals surface area contributed by atoms with E-state index in [9.17, 15) is 0 Å². The van der Waals surface area contributed by atoms with E-state index < -0.39 is 0 Å². The predicted molar refractivity (Wildman–Crippen MR) is 80.9 cm³/mol. The summed E-state index contributed by atoms with van der Waals surface area (Å²) in [5, 5.41) is 4.71. The minimum atomic E-state index is 0.204. The van der Waals surface area contributed by atoms with Crippen LogP contribution in [-0.2, 0) is 0 Å². The molecule has 1 aromatic carbocycles. The number of thiophene rings is 1. The molecular weight excluding hydrogens is 254 g/mol. The van der Waals surface area contributed by atoms with Crippen LogP contribution >= 0.6 is 11.3 Å². The zero-order valence-electron chi connectivity index (χ0n) is 11.4. The zero-order chi connectivity index (χ0) is 13.4. The van der Waals surface area contributed by atoms with Crippen LogP contribution in [-0.4, -0.2) is 7.05 Å². The largest absolute Gasteiger partial charge is 0.466 e. The Morgan fingerprint density at radius 3 is 2.58 bits per heavy atom. The molecule has 1 unspecified atom stereocenters. The first kappa shape index (κ1) is 12.5. The highest BCUT2D eigenvalue weighted by atomic mass is 32.1. The number of hydrogen-bond acceptors (Lipinski definition) is 3. The number of rotatable bonds is 3. The number of aryl methyl sites for hydroxylation is 2. The quantitative estimate of drug-likeness (QED) is 0.763. The van der Waals surface area contributed by atoms with Gasteiger partial charge in [0.05, 0.1) is 6.04 Å². The van der Waals surface area contributed by atoms with Crippen molar-refractivity contribution in [2.45, 2.75) is 19.9 Å². The molecule has 2 nitrogen and oxygen atoms in total. The molecule has 0 saturated carbocycles. The maximum absolute atomic E-state index is 5.66. The fraction of sp³-hybridized carbons (Fsp3) is 0.250. The Hall–Kier alpha value is -1.58. The van der Waals surface area contributed by atoms with Gasteiger partial charge in [0.25, 0.3) is 0 Å². The Morgan fingerprint density at radius 2 is 1.95 bits per heavy atom. The first-order valence-electron chi connectivity index (χ1n) is 6.41. The number of benzene rings is 1. The van der Waals surface area contributed by atoms with Crippen LogP contribution in [0.2, 0.25) is 0 Å².